The fourth-order valence-electron chi connectivity index (χ4n) is 4.01. The number of nitrogens with one attached hydrogen (secondary N) is 1. The van der Waals surface area contributed by atoms with Gasteiger partial charge >= 0.3 is 0 Å². The summed E-state index contributed by atoms with van der Waals surface area (Å²) in [4.78, 5) is 12.5. The van der Waals surface area contributed by atoms with Crippen molar-refractivity contribution in [1.29, 1.82) is 0 Å². The number of aryl methyl sites for hydroxylation is 1. The molecule has 2 heterocycles. The van der Waals surface area contributed by atoms with E-state index in [1.807, 2.05) is 4.57 Å². The molecule has 0 saturated heterocycles. The molecule has 0 aliphatic heterocycles. The van der Waals surface area contributed by atoms with Gasteiger partial charge in [-0.2, -0.15) is 0 Å². The smallest absolute Gasteiger partial charge is 0.236 e. The minimum absolute atomic E-state index is 0.144. The second-order valence-electron chi connectivity index (χ2n) is 8.44. The van der Waals surface area contributed by atoms with Gasteiger partial charge in [-0.25, -0.2) is 0 Å². The molecule has 1 aliphatic rings. The number of allylic oxidation sites excluding steroid dienone is 1. The van der Waals surface area contributed by atoms with E-state index in [2.05, 4.69) is 32.3 Å². The van der Waals surface area contributed by atoms with Gasteiger partial charge in [0.1, 0.15) is 16.6 Å². The molecule has 1 fully saturated rings. The summed E-state index contributed by atoms with van der Waals surface area (Å²) in [7, 11) is 0. The average molecular weight is 568 g/mol. The van der Waals surface area contributed by atoms with E-state index in [0.29, 0.717) is 51.6 Å². The van der Waals surface area contributed by atoms with Crippen LogP contribution in [0.15, 0.2) is 36.0 Å². The molecule has 1 aromatic carbocycles. The third kappa shape index (κ3) is 7.44. The summed E-state index contributed by atoms with van der Waals surface area (Å²) in [6.07, 6.45) is 9.24. The van der Waals surface area contributed by atoms with E-state index in [1.54, 1.807) is 24.3 Å². The summed E-state index contributed by atoms with van der Waals surface area (Å²) >= 11 is 14.9. The molecule has 8 nitrogen and oxygen atoms in total. The van der Waals surface area contributed by atoms with Crippen LogP contribution in [0.4, 0.5) is 5.13 Å². The van der Waals surface area contributed by atoms with Crippen LogP contribution in [0, 0.1) is 0 Å². The molecule has 4 rings (SSSR count). The summed E-state index contributed by atoms with van der Waals surface area (Å²) in [5.74, 6) is 1.93. The maximum atomic E-state index is 12.5. The largest absolute Gasteiger partial charge is 0.492 e. The predicted octanol–water partition coefficient (Wildman–Crippen LogP) is 6.41. The first-order chi connectivity index (χ1) is 17.5. The molecule has 1 aliphatic carbocycles. The summed E-state index contributed by atoms with van der Waals surface area (Å²) in [5.41, 5.74) is 0. The van der Waals surface area contributed by atoms with Gasteiger partial charge in [0.05, 0.1) is 17.4 Å². The number of hydrogen-bond donors (Lipinski definition) is 1. The molecule has 192 valence electrons. The Morgan fingerprint density at radius 2 is 2.06 bits per heavy atom. The van der Waals surface area contributed by atoms with E-state index < -0.39 is 0 Å². The van der Waals surface area contributed by atoms with Crippen molar-refractivity contribution < 1.29 is 9.53 Å². The number of anilines is 1. The van der Waals surface area contributed by atoms with Crippen molar-refractivity contribution in [2.45, 2.75) is 62.6 Å². The van der Waals surface area contributed by atoms with E-state index in [9.17, 15) is 4.79 Å². The lowest BCUT2D eigenvalue weighted by Crippen LogP contribution is -2.14. The number of amides is 1. The van der Waals surface area contributed by atoms with Crippen molar-refractivity contribution in [2.75, 3.05) is 17.7 Å². The first kappa shape index (κ1) is 26.9. The zero-order chi connectivity index (χ0) is 25.3. The lowest BCUT2D eigenvalue weighted by atomic mass is 9.90. The number of halogens is 2. The van der Waals surface area contributed by atoms with Crippen LogP contribution in [0.5, 0.6) is 5.75 Å². The number of aromatic nitrogens is 5. The minimum Gasteiger partial charge on any atom is -0.492 e. The van der Waals surface area contributed by atoms with Gasteiger partial charge in [0.15, 0.2) is 5.16 Å². The second kappa shape index (κ2) is 13.4. The fourth-order valence-corrected chi connectivity index (χ4v) is 6.17. The van der Waals surface area contributed by atoms with E-state index in [0.717, 1.165) is 30.1 Å². The van der Waals surface area contributed by atoms with Crippen molar-refractivity contribution in [3.63, 3.8) is 0 Å². The molecule has 0 radical (unpaired) electrons. The highest BCUT2D eigenvalue weighted by atomic mass is 35.5. The van der Waals surface area contributed by atoms with Crippen molar-refractivity contribution in [3.05, 3.63) is 51.7 Å². The number of benzene rings is 1. The lowest BCUT2D eigenvalue weighted by Gasteiger charge is -2.18. The Hall–Kier alpha value is -2.14. The molecule has 36 heavy (non-hydrogen) atoms. The number of thioether (sulfide) groups is 1. The van der Waals surface area contributed by atoms with Crippen molar-refractivity contribution in [1.82, 2.24) is 25.0 Å². The first-order valence-corrected chi connectivity index (χ1v) is 14.5. The van der Waals surface area contributed by atoms with Crippen LogP contribution in [0.25, 0.3) is 0 Å². The van der Waals surface area contributed by atoms with Crippen LogP contribution in [0.3, 0.4) is 0 Å². The van der Waals surface area contributed by atoms with Gasteiger partial charge < -0.3 is 9.30 Å². The van der Waals surface area contributed by atoms with Crippen LogP contribution < -0.4 is 10.1 Å². The van der Waals surface area contributed by atoms with Gasteiger partial charge in [0, 0.05) is 23.9 Å². The molecule has 12 heteroatoms. The van der Waals surface area contributed by atoms with Crippen LogP contribution in [0.1, 0.15) is 55.3 Å². The minimum atomic E-state index is -0.144. The summed E-state index contributed by atoms with van der Waals surface area (Å²) in [6, 6.07) is 5.15. The average Bonchev–Trinajstić information content (AvgIpc) is 3.49. The highest BCUT2D eigenvalue weighted by Gasteiger charge is 2.20. The number of ether oxygens (including phenoxy) is 1. The SMILES string of the molecule is C=CCn1c(CCCOc2ccc(Cl)cc2Cl)nnc1SCC(=O)Nc1nnc(C2CCCCC2)s1. The predicted molar refractivity (Wildman–Crippen MR) is 146 cm³/mol. The molecule has 1 saturated carbocycles. The standard InChI is InChI=1S/C24H28Cl2N6O2S2/c1-2-12-32-20(9-6-13-34-19-11-10-17(25)14-18(19)26)28-31-24(32)35-15-21(33)27-23-30-29-22(36-23)16-7-4-3-5-8-16/h2,10-11,14,16H,1,3-9,12-13,15H2,(H,27,30,33). The molecule has 0 atom stereocenters. The van der Waals surface area contributed by atoms with E-state index in [4.69, 9.17) is 27.9 Å². The Morgan fingerprint density at radius 1 is 1.22 bits per heavy atom. The van der Waals surface area contributed by atoms with Gasteiger partial charge in [-0.05, 0) is 37.5 Å². The first-order valence-electron chi connectivity index (χ1n) is 11.9. The van der Waals surface area contributed by atoms with Crippen LogP contribution >= 0.6 is 46.3 Å². The normalized spacial score (nSPS) is 14.1. The molecule has 1 amide bonds. The molecule has 3 aromatic rings. The third-order valence-electron chi connectivity index (χ3n) is 5.78. The third-order valence-corrected chi connectivity index (χ3v) is 8.27. The number of rotatable bonds is 12. The Kier molecular flexibility index (Phi) is 10.0. The summed E-state index contributed by atoms with van der Waals surface area (Å²) < 4.78 is 7.72. The number of hydrogen-bond acceptors (Lipinski definition) is 8. The van der Waals surface area contributed by atoms with E-state index in [1.165, 1.54) is 42.4 Å². The van der Waals surface area contributed by atoms with Crippen molar-refractivity contribution in [3.8, 4) is 5.75 Å². The van der Waals surface area contributed by atoms with Crippen LogP contribution in [-0.2, 0) is 17.8 Å². The molecular weight excluding hydrogens is 539 g/mol. The molecule has 1 N–H and O–H groups in total. The Morgan fingerprint density at radius 3 is 2.83 bits per heavy atom. The quantitative estimate of drug-likeness (QED) is 0.153. The van der Waals surface area contributed by atoms with Crippen molar-refractivity contribution >= 4 is 57.3 Å². The van der Waals surface area contributed by atoms with E-state index in [-0.39, 0.29) is 11.7 Å². The summed E-state index contributed by atoms with van der Waals surface area (Å²) in [6.45, 7) is 4.86. The Bertz CT molecular complexity index is 1180. The zero-order valence-corrected chi connectivity index (χ0v) is 22.9. The molecular formula is C24H28Cl2N6O2S2. The lowest BCUT2D eigenvalue weighted by molar-refractivity contribution is -0.113. The highest BCUT2D eigenvalue weighted by molar-refractivity contribution is 7.99. The van der Waals surface area contributed by atoms with Crippen molar-refractivity contribution in [2.24, 2.45) is 0 Å². The Labute approximate surface area is 228 Å². The zero-order valence-electron chi connectivity index (χ0n) is 19.8. The van der Waals surface area contributed by atoms with E-state index >= 15 is 0 Å². The maximum absolute atomic E-state index is 12.5. The van der Waals surface area contributed by atoms with Gasteiger partial charge in [0.2, 0.25) is 11.0 Å². The number of carbonyl (C=O) groups is 1. The monoisotopic (exact) mass is 566 g/mol. The molecule has 2 aromatic heterocycles. The molecule has 0 spiro atoms. The summed E-state index contributed by atoms with van der Waals surface area (Å²) in [5, 5.41) is 23.2. The van der Waals surface area contributed by atoms with Gasteiger partial charge in [0.25, 0.3) is 0 Å². The van der Waals surface area contributed by atoms with Crippen LogP contribution in [-0.4, -0.2) is 43.2 Å². The van der Waals surface area contributed by atoms with Gasteiger partial charge in [-0.1, -0.05) is 71.6 Å². The maximum Gasteiger partial charge on any atom is 0.236 e. The van der Waals surface area contributed by atoms with Crippen LogP contribution in [0.2, 0.25) is 10.0 Å². The fraction of sp³-hybridized carbons (Fsp3) is 0.458. The molecule has 0 bridgehead atoms. The van der Waals surface area contributed by atoms with Gasteiger partial charge in [-0.15, -0.1) is 27.0 Å². The highest BCUT2D eigenvalue weighted by Crippen LogP contribution is 2.35. The van der Waals surface area contributed by atoms with Gasteiger partial charge in [-0.3, -0.25) is 10.1 Å². The number of nitrogens with zero attached hydrogens (tertiary/aromatic N) is 5. The molecule has 0 unspecified atom stereocenters. The topological polar surface area (TPSA) is 94.8 Å². The second-order valence-corrected chi connectivity index (χ2v) is 11.2. The Balaban J connectivity index is 1.26. The number of carbonyl (C=O) groups excluding carboxylic acids is 1.